The molecule has 0 aliphatic carbocycles. The minimum atomic E-state index is -0.477. The molecule has 0 atom stereocenters. The lowest BCUT2D eigenvalue weighted by molar-refractivity contribution is -0.0971. The molecule has 0 bridgehead atoms. The molecule has 0 spiro atoms. The van der Waals surface area contributed by atoms with Gasteiger partial charge in [-0.1, -0.05) is 6.92 Å². The van der Waals surface area contributed by atoms with Crippen LogP contribution in [0.3, 0.4) is 0 Å². The number of carbonyl (C=O) groups excluding carboxylic acids is 1. The number of hydrogen-bond acceptors (Lipinski definition) is 4. The molecule has 7 nitrogen and oxygen atoms in total. The Balaban J connectivity index is 0.00000441. The lowest BCUT2D eigenvalue weighted by Crippen LogP contribution is -2.51. The molecule has 0 radical (unpaired) electrons. The highest BCUT2D eigenvalue weighted by Gasteiger charge is 2.33. The van der Waals surface area contributed by atoms with E-state index in [0.717, 1.165) is 19.8 Å². The third-order valence-corrected chi connectivity index (χ3v) is 2.89. The molecule has 1 aliphatic heterocycles. The van der Waals surface area contributed by atoms with E-state index in [2.05, 4.69) is 27.9 Å². The molecule has 0 aromatic heterocycles. The molecular weight excluding hydrogens is 399 g/mol. The zero-order chi connectivity index (χ0) is 15.9. The van der Waals surface area contributed by atoms with Crippen molar-refractivity contribution in [3.05, 3.63) is 0 Å². The van der Waals surface area contributed by atoms with E-state index in [-0.39, 0.29) is 29.4 Å². The summed E-state index contributed by atoms with van der Waals surface area (Å²) in [4.78, 5) is 15.6. The SMILES string of the molecule is CN=C(NCCNC(=O)OC(C)(C)C)NCC1(C)COC1.I. The smallest absolute Gasteiger partial charge is 0.407 e. The van der Waals surface area contributed by atoms with Gasteiger partial charge in [0.15, 0.2) is 5.96 Å². The zero-order valence-electron chi connectivity index (χ0n) is 14.1. The van der Waals surface area contributed by atoms with Crippen molar-refractivity contribution >= 4 is 36.0 Å². The number of amides is 1. The van der Waals surface area contributed by atoms with Crippen LogP contribution in [-0.4, -0.2) is 57.5 Å². The number of nitrogens with one attached hydrogen (secondary N) is 3. The van der Waals surface area contributed by atoms with Crippen molar-refractivity contribution in [3.8, 4) is 0 Å². The quantitative estimate of drug-likeness (QED) is 0.266. The van der Waals surface area contributed by atoms with E-state index < -0.39 is 11.7 Å². The van der Waals surface area contributed by atoms with E-state index in [1.807, 2.05) is 20.8 Å². The van der Waals surface area contributed by atoms with Crippen LogP contribution >= 0.6 is 24.0 Å². The van der Waals surface area contributed by atoms with Gasteiger partial charge in [0.25, 0.3) is 0 Å². The number of nitrogens with zero attached hydrogens (tertiary/aromatic N) is 1. The second-order valence-electron chi connectivity index (χ2n) is 6.58. The first-order valence-electron chi connectivity index (χ1n) is 7.23. The highest BCUT2D eigenvalue weighted by molar-refractivity contribution is 14.0. The van der Waals surface area contributed by atoms with Gasteiger partial charge in [-0.25, -0.2) is 4.79 Å². The van der Waals surface area contributed by atoms with Crippen LogP contribution in [0.15, 0.2) is 4.99 Å². The van der Waals surface area contributed by atoms with Gasteiger partial charge in [0.2, 0.25) is 0 Å². The largest absolute Gasteiger partial charge is 0.444 e. The summed E-state index contributed by atoms with van der Waals surface area (Å²) < 4.78 is 10.4. The fourth-order valence-electron chi connectivity index (χ4n) is 1.73. The van der Waals surface area contributed by atoms with E-state index in [1.54, 1.807) is 7.05 Å². The Morgan fingerprint density at radius 1 is 1.23 bits per heavy atom. The van der Waals surface area contributed by atoms with Gasteiger partial charge in [-0.2, -0.15) is 0 Å². The van der Waals surface area contributed by atoms with Gasteiger partial charge in [-0.15, -0.1) is 24.0 Å². The van der Waals surface area contributed by atoms with Gasteiger partial charge in [0.05, 0.1) is 13.2 Å². The molecule has 130 valence electrons. The maximum atomic E-state index is 11.5. The summed E-state index contributed by atoms with van der Waals surface area (Å²) in [5, 5.41) is 9.08. The summed E-state index contributed by atoms with van der Waals surface area (Å²) in [6.07, 6.45) is -0.411. The summed E-state index contributed by atoms with van der Waals surface area (Å²) in [5.41, 5.74) is -0.290. The average molecular weight is 428 g/mol. The number of aliphatic imine (C=N–C) groups is 1. The number of guanidine groups is 1. The van der Waals surface area contributed by atoms with Crippen LogP contribution in [0, 0.1) is 5.41 Å². The molecule has 1 aliphatic rings. The van der Waals surface area contributed by atoms with Crippen molar-refractivity contribution in [3.63, 3.8) is 0 Å². The molecule has 0 saturated carbocycles. The van der Waals surface area contributed by atoms with Gasteiger partial charge < -0.3 is 25.4 Å². The molecule has 1 fully saturated rings. The van der Waals surface area contributed by atoms with Gasteiger partial charge in [-0.05, 0) is 20.8 Å². The third-order valence-electron chi connectivity index (χ3n) is 2.89. The first kappa shape index (κ1) is 21.2. The summed E-state index contributed by atoms with van der Waals surface area (Å²) in [6.45, 7) is 11.1. The number of alkyl carbamates (subject to hydrolysis) is 1. The predicted octanol–water partition coefficient (Wildman–Crippen LogP) is 1.33. The van der Waals surface area contributed by atoms with Gasteiger partial charge in [-0.3, -0.25) is 4.99 Å². The van der Waals surface area contributed by atoms with Crippen molar-refractivity contribution < 1.29 is 14.3 Å². The van der Waals surface area contributed by atoms with E-state index in [1.165, 1.54) is 0 Å². The molecule has 0 aromatic rings. The van der Waals surface area contributed by atoms with Crippen molar-refractivity contribution in [1.82, 2.24) is 16.0 Å². The molecule has 3 N–H and O–H groups in total. The fraction of sp³-hybridized carbons (Fsp3) is 0.857. The minimum Gasteiger partial charge on any atom is -0.444 e. The second kappa shape index (κ2) is 9.39. The van der Waals surface area contributed by atoms with E-state index >= 15 is 0 Å². The lowest BCUT2D eigenvalue weighted by atomic mass is 9.89. The molecular formula is C14H29IN4O3. The van der Waals surface area contributed by atoms with Crippen molar-refractivity contribution in [1.29, 1.82) is 0 Å². The Hall–Kier alpha value is -0.770. The number of rotatable bonds is 5. The van der Waals surface area contributed by atoms with Crippen molar-refractivity contribution in [2.45, 2.75) is 33.3 Å². The van der Waals surface area contributed by atoms with E-state index in [9.17, 15) is 4.79 Å². The maximum Gasteiger partial charge on any atom is 0.407 e. The highest BCUT2D eigenvalue weighted by Crippen LogP contribution is 2.24. The normalized spacial score (nSPS) is 16.9. The van der Waals surface area contributed by atoms with Crippen LogP contribution < -0.4 is 16.0 Å². The van der Waals surface area contributed by atoms with Crippen LogP contribution in [0.25, 0.3) is 0 Å². The zero-order valence-corrected chi connectivity index (χ0v) is 16.4. The minimum absolute atomic E-state index is 0. The van der Waals surface area contributed by atoms with Crippen LogP contribution in [0.5, 0.6) is 0 Å². The van der Waals surface area contributed by atoms with Crippen LogP contribution in [-0.2, 0) is 9.47 Å². The molecule has 0 aromatic carbocycles. The predicted molar refractivity (Wildman–Crippen MR) is 97.9 cm³/mol. The fourth-order valence-corrected chi connectivity index (χ4v) is 1.73. The summed E-state index contributed by atoms with van der Waals surface area (Å²) in [6, 6.07) is 0. The molecule has 22 heavy (non-hydrogen) atoms. The van der Waals surface area contributed by atoms with Gasteiger partial charge in [0.1, 0.15) is 5.60 Å². The number of hydrogen-bond donors (Lipinski definition) is 3. The molecule has 1 amide bonds. The van der Waals surface area contributed by atoms with E-state index in [4.69, 9.17) is 9.47 Å². The highest BCUT2D eigenvalue weighted by atomic mass is 127. The topological polar surface area (TPSA) is 84.0 Å². The summed E-state index contributed by atoms with van der Waals surface area (Å²) in [7, 11) is 1.72. The average Bonchev–Trinajstić information content (AvgIpc) is 2.33. The summed E-state index contributed by atoms with van der Waals surface area (Å²) >= 11 is 0. The Morgan fingerprint density at radius 3 is 2.27 bits per heavy atom. The van der Waals surface area contributed by atoms with Crippen LogP contribution in [0.4, 0.5) is 4.79 Å². The molecule has 1 saturated heterocycles. The van der Waals surface area contributed by atoms with Crippen molar-refractivity contribution in [2.75, 3.05) is 39.9 Å². The third kappa shape index (κ3) is 8.62. The molecule has 1 heterocycles. The van der Waals surface area contributed by atoms with Crippen LogP contribution in [0.2, 0.25) is 0 Å². The first-order valence-corrected chi connectivity index (χ1v) is 7.23. The Kier molecular flexibility index (Phi) is 9.06. The van der Waals surface area contributed by atoms with Gasteiger partial charge >= 0.3 is 6.09 Å². The first-order chi connectivity index (χ1) is 9.74. The number of ether oxygens (including phenoxy) is 2. The molecule has 8 heteroatoms. The second-order valence-corrected chi connectivity index (χ2v) is 6.58. The van der Waals surface area contributed by atoms with Gasteiger partial charge in [0, 0.05) is 32.1 Å². The van der Waals surface area contributed by atoms with Crippen LogP contribution in [0.1, 0.15) is 27.7 Å². The summed E-state index contributed by atoms with van der Waals surface area (Å²) in [5.74, 6) is 0.717. The standard InChI is InChI=1S/C14H28N4O3.HI/c1-13(2,3)21-12(19)17-7-6-16-11(15-5)18-8-14(4)9-20-10-14;/h6-10H2,1-5H3,(H,17,19)(H2,15,16,18);1H. The Morgan fingerprint density at radius 2 is 1.82 bits per heavy atom. The number of halogens is 1. The lowest BCUT2D eigenvalue weighted by Gasteiger charge is -2.38. The molecule has 0 unspecified atom stereocenters. The molecule has 1 rings (SSSR count). The number of carbonyl (C=O) groups is 1. The van der Waals surface area contributed by atoms with Crippen molar-refractivity contribution in [2.24, 2.45) is 10.4 Å². The van der Waals surface area contributed by atoms with E-state index in [0.29, 0.717) is 19.0 Å². The Labute approximate surface area is 150 Å². The monoisotopic (exact) mass is 428 g/mol. The maximum absolute atomic E-state index is 11.5. The Bertz CT molecular complexity index is 379.